The maximum Gasteiger partial charge on any atom is 0.344 e. The molecule has 0 aromatic heterocycles. The Bertz CT molecular complexity index is 902. The minimum absolute atomic E-state index is 0.0170. The summed E-state index contributed by atoms with van der Waals surface area (Å²) < 4.78 is 18.1. The monoisotopic (exact) mass is 369 g/mol. The van der Waals surface area contributed by atoms with E-state index in [9.17, 15) is 14.3 Å². The van der Waals surface area contributed by atoms with E-state index in [4.69, 9.17) is 4.74 Å². The van der Waals surface area contributed by atoms with E-state index in [2.05, 4.69) is 4.99 Å². The summed E-state index contributed by atoms with van der Waals surface area (Å²) in [7, 11) is 0. The smallest absolute Gasteiger partial charge is 0.344 e. The van der Waals surface area contributed by atoms with Gasteiger partial charge in [0, 0.05) is 0 Å². The van der Waals surface area contributed by atoms with Crippen LogP contribution in [0, 0.1) is 5.82 Å². The van der Waals surface area contributed by atoms with Crippen molar-refractivity contribution >= 4 is 34.5 Å². The van der Waals surface area contributed by atoms with Crippen LogP contribution in [0.2, 0.25) is 0 Å². The highest BCUT2D eigenvalue weighted by Gasteiger charge is 2.33. The van der Waals surface area contributed by atoms with Crippen LogP contribution in [0.15, 0.2) is 75.8 Å². The van der Waals surface area contributed by atoms with Crippen LogP contribution < -0.4 is 0 Å². The first-order valence-electron chi connectivity index (χ1n) is 7.98. The highest BCUT2D eigenvalue weighted by atomic mass is 32.2. The second kappa shape index (κ2) is 8.01. The quantitative estimate of drug-likeness (QED) is 0.769. The largest absolute Gasteiger partial charge is 0.506 e. The molecule has 0 spiro atoms. The standard InChI is InChI=1S/C20H16FNO3S/c1-2-25-20(24)17-18(23)16(12-13-6-4-3-5-7-13)26-19(17)22-15-10-8-14(21)9-11-15/h3-12,23H,2H2,1H3. The number of nitrogens with zero attached hydrogens (tertiary/aromatic N) is 1. The summed E-state index contributed by atoms with van der Waals surface area (Å²) >= 11 is 1.17. The van der Waals surface area contributed by atoms with E-state index in [1.54, 1.807) is 13.0 Å². The van der Waals surface area contributed by atoms with E-state index < -0.39 is 5.97 Å². The zero-order chi connectivity index (χ0) is 18.5. The SMILES string of the molecule is CCOC(=O)C1=C(O)C(=Cc2ccccc2)SC1=Nc1ccc(F)cc1. The summed E-state index contributed by atoms with van der Waals surface area (Å²) in [5.74, 6) is -1.19. The average molecular weight is 369 g/mol. The number of hydrogen-bond acceptors (Lipinski definition) is 5. The summed E-state index contributed by atoms with van der Waals surface area (Å²) in [5, 5.41) is 10.9. The van der Waals surface area contributed by atoms with Gasteiger partial charge in [0.05, 0.1) is 17.2 Å². The van der Waals surface area contributed by atoms with E-state index >= 15 is 0 Å². The molecule has 1 aliphatic heterocycles. The summed E-state index contributed by atoms with van der Waals surface area (Å²) in [5.41, 5.74) is 1.38. The fraction of sp³-hybridized carbons (Fsp3) is 0.100. The second-order valence-electron chi connectivity index (χ2n) is 5.36. The summed E-state index contributed by atoms with van der Waals surface area (Å²) in [6, 6.07) is 15.0. The lowest BCUT2D eigenvalue weighted by atomic mass is 10.1. The zero-order valence-corrected chi connectivity index (χ0v) is 14.8. The number of carbonyl (C=O) groups excluding carboxylic acids is 1. The molecule has 1 heterocycles. The van der Waals surface area contributed by atoms with Crippen molar-refractivity contribution in [2.24, 2.45) is 4.99 Å². The van der Waals surface area contributed by atoms with Gasteiger partial charge in [-0.1, -0.05) is 42.1 Å². The number of rotatable bonds is 4. The van der Waals surface area contributed by atoms with Gasteiger partial charge in [-0.3, -0.25) is 0 Å². The van der Waals surface area contributed by atoms with Gasteiger partial charge in [0.25, 0.3) is 0 Å². The maximum atomic E-state index is 13.1. The molecular formula is C20H16FNO3S. The van der Waals surface area contributed by atoms with Gasteiger partial charge in [0.1, 0.15) is 22.2 Å². The number of benzene rings is 2. The molecule has 0 saturated heterocycles. The van der Waals surface area contributed by atoms with E-state index in [1.807, 2.05) is 30.3 Å². The van der Waals surface area contributed by atoms with Crippen molar-refractivity contribution in [2.45, 2.75) is 6.92 Å². The predicted octanol–water partition coefficient (Wildman–Crippen LogP) is 5.02. The van der Waals surface area contributed by atoms with Crippen LogP contribution in [0.4, 0.5) is 10.1 Å². The van der Waals surface area contributed by atoms with Crippen LogP contribution in [-0.2, 0) is 9.53 Å². The fourth-order valence-electron chi connectivity index (χ4n) is 2.33. The van der Waals surface area contributed by atoms with Crippen molar-refractivity contribution in [3.8, 4) is 0 Å². The predicted molar refractivity (Wildman–Crippen MR) is 102 cm³/mol. The molecule has 0 unspecified atom stereocenters. The number of hydrogen-bond donors (Lipinski definition) is 1. The van der Waals surface area contributed by atoms with E-state index in [-0.39, 0.29) is 23.8 Å². The van der Waals surface area contributed by atoms with Crippen LogP contribution in [-0.4, -0.2) is 22.7 Å². The molecular weight excluding hydrogens is 353 g/mol. The number of thioether (sulfide) groups is 1. The van der Waals surface area contributed by atoms with Gasteiger partial charge in [-0.15, -0.1) is 0 Å². The van der Waals surface area contributed by atoms with Crippen molar-refractivity contribution in [1.29, 1.82) is 0 Å². The van der Waals surface area contributed by atoms with Gasteiger partial charge in [0.15, 0.2) is 0 Å². The number of esters is 1. The summed E-state index contributed by atoms with van der Waals surface area (Å²) in [6.07, 6.45) is 1.77. The third kappa shape index (κ3) is 4.03. The number of ether oxygens (including phenoxy) is 1. The van der Waals surface area contributed by atoms with Gasteiger partial charge >= 0.3 is 5.97 Å². The Hall–Kier alpha value is -2.86. The molecule has 1 N–H and O–H groups in total. The molecule has 6 heteroatoms. The molecule has 0 saturated carbocycles. The average Bonchev–Trinajstić information content (AvgIpc) is 2.93. The van der Waals surface area contributed by atoms with Crippen molar-refractivity contribution in [1.82, 2.24) is 0 Å². The maximum absolute atomic E-state index is 13.1. The summed E-state index contributed by atoms with van der Waals surface area (Å²) in [4.78, 5) is 17.2. The van der Waals surface area contributed by atoms with E-state index in [0.29, 0.717) is 15.6 Å². The molecule has 0 atom stereocenters. The lowest BCUT2D eigenvalue weighted by Crippen LogP contribution is -2.12. The van der Waals surface area contributed by atoms with E-state index in [1.165, 1.54) is 36.0 Å². The molecule has 1 aliphatic rings. The van der Waals surface area contributed by atoms with Crippen LogP contribution in [0.5, 0.6) is 0 Å². The van der Waals surface area contributed by atoms with Crippen molar-refractivity contribution in [3.05, 3.63) is 82.2 Å². The van der Waals surface area contributed by atoms with Gasteiger partial charge in [-0.25, -0.2) is 14.2 Å². The minimum Gasteiger partial charge on any atom is -0.506 e. The summed E-state index contributed by atoms with van der Waals surface area (Å²) in [6.45, 7) is 1.87. The molecule has 2 aromatic rings. The Balaban J connectivity index is 2.02. The van der Waals surface area contributed by atoms with Crippen LogP contribution in [0.25, 0.3) is 6.08 Å². The highest BCUT2D eigenvalue weighted by molar-refractivity contribution is 8.18. The van der Waals surface area contributed by atoms with Gasteiger partial charge in [-0.05, 0) is 42.8 Å². The topological polar surface area (TPSA) is 58.9 Å². The molecule has 132 valence electrons. The van der Waals surface area contributed by atoms with Crippen molar-refractivity contribution in [3.63, 3.8) is 0 Å². The van der Waals surface area contributed by atoms with Crippen molar-refractivity contribution < 1.29 is 19.0 Å². The molecule has 0 aliphatic carbocycles. The molecule has 0 amide bonds. The van der Waals surface area contributed by atoms with Crippen LogP contribution in [0.3, 0.4) is 0 Å². The van der Waals surface area contributed by atoms with Crippen molar-refractivity contribution in [2.75, 3.05) is 6.61 Å². The number of aliphatic imine (C=N–C) groups is 1. The number of carbonyl (C=O) groups is 1. The third-order valence-electron chi connectivity index (χ3n) is 3.52. The lowest BCUT2D eigenvalue weighted by molar-refractivity contribution is -0.138. The van der Waals surface area contributed by atoms with Gasteiger partial charge < -0.3 is 9.84 Å². The Labute approximate surface area is 154 Å². The Morgan fingerprint density at radius 1 is 1.19 bits per heavy atom. The third-order valence-corrected chi connectivity index (χ3v) is 4.54. The minimum atomic E-state index is -0.644. The van der Waals surface area contributed by atoms with Gasteiger partial charge in [0.2, 0.25) is 0 Å². The van der Waals surface area contributed by atoms with E-state index in [0.717, 1.165) is 5.56 Å². The lowest BCUT2D eigenvalue weighted by Gasteiger charge is -2.03. The molecule has 26 heavy (non-hydrogen) atoms. The first-order valence-corrected chi connectivity index (χ1v) is 8.80. The highest BCUT2D eigenvalue weighted by Crippen LogP contribution is 2.40. The first-order chi connectivity index (χ1) is 12.6. The Kier molecular flexibility index (Phi) is 5.53. The Morgan fingerprint density at radius 3 is 2.54 bits per heavy atom. The normalized spacial score (nSPS) is 17.2. The molecule has 0 fully saturated rings. The zero-order valence-electron chi connectivity index (χ0n) is 14.0. The van der Waals surface area contributed by atoms with Gasteiger partial charge in [-0.2, -0.15) is 0 Å². The molecule has 4 nitrogen and oxygen atoms in total. The number of aliphatic hydroxyl groups excluding tert-OH is 1. The molecule has 2 aromatic carbocycles. The fourth-order valence-corrected chi connectivity index (χ4v) is 3.36. The Morgan fingerprint density at radius 2 is 1.88 bits per heavy atom. The van der Waals surface area contributed by atoms with Crippen LogP contribution >= 0.6 is 11.8 Å². The first kappa shape index (κ1) is 17.9. The molecule has 0 bridgehead atoms. The number of halogens is 1. The molecule has 3 rings (SSSR count). The van der Waals surface area contributed by atoms with Crippen LogP contribution in [0.1, 0.15) is 12.5 Å². The molecule has 0 radical (unpaired) electrons. The number of aliphatic hydroxyl groups is 1. The second-order valence-corrected chi connectivity index (χ2v) is 6.39.